The van der Waals surface area contributed by atoms with Gasteiger partial charge in [0.1, 0.15) is 0 Å². The molecule has 0 unspecified atom stereocenters. The van der Waals surface area contributed by atoms with Crippen LogP contribution < -0.4 is 0 Å². The Kier molecular flexibility index (Phi) is 7.91. The lowest BCUT2D eigenvalue weighted by Gasteiger charge is -2.10. The van der Waals surface area contributed by atoms with Crippen molar-refractivity contribution in [1.82, 2.24) is 0 Å². The Hall–Kier alpha value is -0.820. The molecule has 0 bridgehead atoms. The zero-order valence-corrected chi connectivity index (χ0v) is 13.9. The molecule has 0 heterocycles. The van der Waals surface area contributed by atoms with Crippen molar-refractivity contribution >= 4 is 17.4 Å². The maximum Gasteiger partial charge on any atom is 0.159 e. The molecular formula is C18H27ClO. The van der Waals surface area contributed by atoms with Crippen LogP contribution >= 0.6 is 11.6 Å². The van der Waals surface area contributed by atoms with Crippen LogP contribution in [0.4, 0.5) is 0 Å². The zero-order chi connectivity index (χ0) is 15.0. The van der Waals surface area contributed by atoms with Crippen LogP contribution in [0, 0.1) is 6.92 Å². The maximum atomic E-state index is 11.4. The van der Waals surface area contributed by atoms with Gasteiger partial charge in [-0.3, -0.25) is 4.79 Å². The van der Waals surface area contributed by atoms with Gasteiger partial charge < -0.3 is 0 Å². The Bertz CT molecular complexity index is 414. The summed E-state index contributed by atoms with van der Waals surface area (Å²) in [5, 5.41) is 0.751. The molecule has 0 spiro atoms. The fourth-order valence-electron chi connectivity index (χ4n) is 2.55. The van der Waals surface area contributed by atoms with Gasteiger partial charge in [0.05, 0.1) is 0 Å². The molecule has 0 N–H and O–H groups in total. The summed E-state index contributed by atoms with van der Waals surface area (Å²) in [6.07, 6.45) is 10.2. The number of carbonyl (C=O) groups is 1. The maximum absolute atomic E-state index is 11.4. The van der Waals surface area contributed by atoms with E-state index in [2.05, 4.69) is 13.8 Å². The number of halogens is 1. The van der Waals surface area contributed by atoms with Crippen LogP contribution in [-0.4, -0.2) is 5.78 Å². The number of hydrogen-bond donors (Lipinski definition) is 0. The number of Topliss-reactive ketones (excluding diaryl/α,β-unsaturated/α-hetero) is 1. The van der Waals surface area contributed by atoms with E-state index < -0.39 is 0 Å². The van der Waals surface area contributed by atoms with E-state index in [1.807, 2.05) is 12.1 Å². The van der Waals surface area contributed by atoms with Crippen LogP contribution in [0.5, 0.6) is 0 Å². The van der Waals surface area contributed by atoms with Crippen LogP contribution in [0.1, 0.15) is 80.3 Å². The van der Waals surface area contributed by atoms with Crippen molar-refractivity contribution in [3.05, 3.63) is 33.8 Å². The topological polar surface area (TPSA) is 17.1 Å². The third kappa shape index (κ3) is 5.66. The third-order valence-electron chi connectivity index (χ3n) is 3.86. The lowest BCUT2D eigenvalue weighted by molar-refractivity contribution is 0.101. The molecule has 20 heavy (non-hydrogen) atoms. The van der Waals surface area contributed by atoms with E-state index in [0.29, 0.717) is 0 Å². The summed E-state index contributed by atoms with van der Waals surface area (Å²) >= 11 is 6.31. The quantitative estimate of drug-likeness (QED) is 0.394. The first kappa shape index (κ1) is 17.2. The molecule has 0 aliphatic heterocycles. The number of carbonyl (C=O) groups excluding carboxylic acids is 1. The molecule has 0 fully saturated rings. The summed E-state index contributed by atoms with van der Waals surface area (Å²) < 4.78 is 0. The number of hydrogen-bond acceptors (Lipinski definition) is 1. The highest BCUT2D eigenvalue weighted by atomic mass is 35.5. The molecular weight excluding hydrogens is 268 g/mol. The van der Waals surface area contributed by atoms with Gasteiger partial charge in [-0.1, -0.05) is 57.0 Å². The van der Waals surface area contributed by atoms with Crippen LogP contribution in [0.25, 0.3) is 0 Å². The predicted molar refractivity (Wildman–Crippen MR) is 87.9 cm³/mol. The van der Waals surface area contributed by atoms with Gasteiger partial charge in [-0.2, -0.15) is 0 Å². The second kappa shape index (κ2) is 9.18. The van der Waals surface area contributed by atoms with Gasteiger partial charge in [0.25, 0.3) is 0 Å². The molecule has 0 saturated heterocycles. The fraction of sp³-hybridized carbons (Fsp3) is 0.611. The number of aryl methyl sites for hydroxylation is 1. The second-order valence-electron chi connectivity index (χ2n) is 5.68. The molecule has 0 radical (unpaired) electrons. The van der Waals surface area contributed by atoms with E-state index in [-0.39, 0.29) is 5.78 Å². The molecule has 0 saturated carbocycles. The molecule has 1 nitrogen and oxygen atoms in total. The SMILES string of the molecule is CCCCCCCCCc1c(C)cc(C(C)=O)cc1Cl. The normalized spacial score (nSPS) is 10.8. The fourth-order valence-corrected chi connectivity index (χ4v) is 2.91. The van der Waals surface area contributed by atoms with Crippen molar-refractivity contribution in [3.8, 4) is 0 Å². The minimum absolute atomic E-state index is 0.0810. The highest BCUT2D eigenvalue weighted by molar-refractivity contribution is 6.31. The predicted octanol–water partition coefficient (Wildman–Crippen LogP) is 6.14. The molecule has 1 rings (SSSR count). The summed E-state index contributed by atoms with van der Waals surface area (Å²) in [7, 11) is 0. The van der Waals surface area contributed by atoms with Crippen LogP contribution in [0.2, 0.25) is 5.02 Å². The summed E-state index contributed by atoms with van der Waals surface area (Å²) in [5.41, 5.74) is 3.08. The first-order valence-corrected chi connectivity index (χ1v) is 8.24. The van der Waals surface area contributed by atoms with Crippen LogP contribution in [0.3, 0.4) is 0 Å². The van der Waals surface area contributed by atoms with Gasteiger partial charge in [-0.25, -0.2) is 0 Å². The largest absolute Gasteiger partial charge is 0.295 e. The minimum Gasteiger partial charge on any atom is -0.295 e. The van der Waals surface area contributed by atoms with E-state index >= 15 is 0 Å². The van der Waals surface area contributed by atoms with Crippen molar-refractivity contribution in [2.24, 2.45) is 0 Å². The number of rotatable bonds is 9. The molecule has 2 heteroatoms. The molecule has 0 amide bonds. The zero-order valence-electron chi connectivity index (χ0n) is 13.1. The molecule has 1 aromatic rings. The molecule has 1 aromatic carbocycles. The van der Waals surface area contributed by atoms with Gasteiger partial charge >= 0.3 is 0 Å². The first-order chi connectivity index (χ1) is 9.56. The Balaban J connectivity index is 2.42. The van der Waals surface area contributed by atoms with E-state index in [1.165, 1.54) is 50.5 Å². The Morgan fingerprint density at radius 3 is 2.20 bits per heavy atom. The number of ketones is 1. The molecule has 0 atom stereocenters. The molecule has 112 valence electrons. The highest BCUT2D eigenvalue weighted by Crippen LogP contribution is 2.24. The minimum atomic E-state index is 0.0810. The Labute approximate surface area is 128 Å². The van der Waals surface area contributed by atoms with Gasteiger partial charge in [0, 0.05) is 10.6 Å². The molecule has 0 aliphatic rings. The van der Waals surface area contributed by atoms with Crippen molar-refractivity contribution in [2.75, 3.05) is 0 Å². The highest BCUT2D eigenvalue weighted by Gasteiger charge is 2.09. The summed E-state index contributed by atoms with van der Waals surface area (Å²) in [6, 6.07) is 3.78. The smallest absolute Gasteiger partial charge is 0.159 e. The Morgan fingerprint density at radius 2 is 1.65 bits per heavy atom. The standard InChI is InChI=1S/C18H27ClO/c1-4-5-6-7-8-9-10-11-17-14(2)12-16(15(3)20)13-18(17)19/h12-13H,4-11H2,1-3H3. The van der Waals surface area contributed by atoms with Crippen molar-refractivity contribution in [1.29, 1.82) is 0 Å². The van der Waals surface area contributed by atoms with Crippen LogP contribution in [0.15, 0.2) is 12.1 Å². The van der Waals surface area contributed by atoms with Crippen LogP contribution in [-0.2, 0) is 6.42 Å². The van der Waals surface area contributed by atoms with Gasteiger partial charge in [-0.15, -0.1) is 0 Å². The van der Waals surface area contributed by atoms with Crippen molar-refractivity contribution in [3.63, 3.8) is 0 Å². The average Bonchev–Trinajstić information content (AvgIpc) is 2.40. The summed E-state index contributed by atoms with van der Waals surface area (Å²) in [6.45, 7) is 5.88. The van der Waals surface area contributed by atoms with Crippen molar-refractivity contribution in [2.45, 2.75) is 72.1 Å². The monoisotopic (exact) mass is 294 g/mol. The summed E-state index contributed by atoms with van der Waals surface area (Å²) in [4.78, 5) is 11.4. The first-order valence-electron chi connectivity index (χ1n) is 7.86. The van der Waals surface area contributed by atoms with Gasteiger partial charge in [0.2, 0.25) is 0 Å². The van der Waals surface area contributed by atoms with E-state index in [0.717, 1.165) is 22.6 Å². The number of benzene rings is 1. The van der Waals surface area contributed by atoms with E-state index in [9.17, 15) is 4.79 Å². The second-order valence-corrected chi connectivity index (χ2v) is 6.09. The molecule has 0 aromatic heterocycles. The Morgan fingerprint density at radius 1 is 1.05 bits per heavy atom. The molecule has 0 aliphatic carbocycles. The van der Waals surface area contributed by atoms with Gasteiger partial charge in [-0.05, 0) is 49.9 Å². The number of unbranched alkanes of at least 4 members (excludes halogenated alkanes) is 6. The van der Waals surface area contributed by atoms with Crippen molar-refractivity contribution < 1.29 is 4.79 Å². The third-order valence-corrected chi connectivity index (χ3v) is 4.19. The average molecular weight is 295 g/mol. The van der Waals surface area contributed by atoms with Gasteiger partial charge in [0.15, 0.2) is 5.78 Å². The van der Waals surface area contributed by atoms with E-state index in [4.69, 9.17) is 11.6 Å². The van der Waals surface area contributed by atoms with E-state index in [1.54, 1.807) is 6.92 Å². The lowest BCUT2D eigenvalue weighted by Crippen LogP contribution is -1.98. The summed E-state index contributed by atoms with van der Waals surface area (Å²) in [5.74, 6) is 0.0810. The lowest BCUT2D eigenvalue weighted by atomic mass is 9.98.